The highest BCUT2D eigenvalue weighted by atomic mass is 16.3. The zero-order valence-corrected chi connectivity index (χ0v) is 10.6. The summed E-state index contributed by atoms with van der Waals surface area (Å²) in [5.41, 5.74) is -0.485. The predicted octanol–water partition coefficient (Wildman–Crippen LogP) is 2.59. The summed E-state index contributed by atoms with van der Waals surface area (Å²) >= 11 is 0. The third kappa shape index (κ3) is 2.07. The highest BCUT2D eigenvalue weighted by Crippen LogP contribution is 2.36. The molecule has 4 nitrogen and oxygen atoms in total. The molecule has 1 aliphatic carbocycles. The van der Waals surface area contributed by atoms with Crippen molar-refractivity contribution < 1.29 is 14.0 Å². The van der Waals surface area contributed by atoms with E-state index in [1.807, 2.05) is 0 Å². The summed E-state index contributed by atoms with van der Waals surface area (Å²) in [6.45, 7) is 0. The minimum atomic E-state index is -0.752. The number of furan rings is 1. The Hall–Kier alpha value is -1.97. The van der Waals surface area contributed by atoms with Crippen LogP contribution < -0.4 is 0 Å². The molecular weight excluding hydrogens is 242 g/mol. The van der Waals surface area contributed by atoms with Gasteiger partial charge in [0.1, 0.15) is 17.0 Å². The van der Waals surface area contributed by atoms with Crippen molar-refractivity contribution >= 4 is 23.4 Å². The molecule has 2 aliphatic rings. The fraction of sp³-hybridized carbons (Fsp3) is 0.400. The van der Waals surface area contributed by atoms with Crippen molar-refractivity contribution in [2.45, 2.75) is 37.6 Å². The van der Waals surface area contributed by atoms with Crippen LogP contribution in [0, 0.1) is 0 Å². The molecule has 1 aromatic heterocycles. The van der Waals surface area contributed by atoms with Crippen LogP contribution in [0.15, 0.2) is 33.9 Å². The van der Waals surface area contributed by atoms with Gasteiger partial charge in [-0.05, 0) is 37.1 Å². The third-order valence-electron chi connectivity index (χ3n) is 3.83. The van der Waals surface area contributed by atoms with Gasteiger partial charge in [0.15, 0.2) is 0 Å². The number of Topliss-reactive ketones (excluding diaryl/α,β-unsaturated/α-hetero) is 2. The Bertz CT molecular complexity index is 560. The summed E-state index contributed by atoms with van der Waals surface area (Å²) in [7, 11) is 0. The number of hydrogen-bond acceptors (Lipinski definition) is 4. The van der Waals surface area contributed by atoms with E-state index in [1.54, 1.807) is 30.5 Å². The van der Waals surface area contributed by atoms with Crippen LogP contribution in [0.25, 0.3) is 6.08 Å². The van der Waals surface area contributed by atoms with Crippen LogP contribution in [0.4, 0.5) is 0 Å². The maximum Gasteiger partial charge on any atom is 0.249 e. The monoisotopic (exact) mass is 257 g/mol. The van der Waals surface area contributed by atoms with Crippen LogP contribution >= 0.6 is 0 Å². The van der Waals surface area contributed by atoms with Crippen LogP contribution in [-0.4, -0.2) is 22.8 Å². The lowest BCUT2D eigenvalue weighted by Gasteiger charge is -2.27. The highest BCUT2D eigenvalue weighted by molar-refractivity contribution is 6.71. The van der Waals surface area contributed by atoms with Crippen LogP contribution in [0.1, 0.15) is 37.9 Å². The van der Waals surface area contributed by atoms with Crippen LogP contribution in [0.5, 0.6) is 0 Å². The van der Waals surface area contributed by atoms with E-state index in [1.165, 1.54) is 0 Å². The van der Waals surface area contributed by atoms with E-state index in [0.29, 0.717) is 18.6 Å². The lowest BCUT2D eigenvalue weighted by atomic mass is 9.79. The molecule has 0 amide bonds. The Labute approximate surface area is 111 Å². The number of hydrogen-bond donors (Lipinski definition) is 0. The summed E-state index contributed by atoms with van der Waals surface area (Å²) in [6, 6.07) is 3.56. The second-order valence-corrected chi connectivity index (χ2v) is 5.10. The minimum Gasteiger partial charge on any atom is -0.465 e. The average Bonchev–Trinajstić information content (AvgIpc) is 3.02. The van der Waals surface area contributed by atoms with Crippen LogP contribution in [0.2, 0.25) is 0 Å². The number of rotatable bonds is 2. The molecular formula is C15H15NO3. The van der Waals surface area contributed by atoms with Gasteiger partial charge in [-0.25, -0.2) is 0 Å². The first-order valence-corrected chi connectivity index (χ1v) is 6.62. The highest BCUT2D eigenvalue weighted by Gasteiger charge is 2.48. The summed E-state index contributed by atoms with van der Waals surface area (Å²) in [6.07, 6.45) is 9.29. The van der Waals surface area contributed by atoms with Gasteiger partial charge in [0.25, 0.3) is 0 Å². The third-order valence-corrected chi connectivity index (χ3v) is 3.83. The van der Waals surface area contributed by atoms with E-state index < -0.39 is 11.3 Å². The molecule has 0 unspecified atom stereocenters. The first-order chi connectivity index (χ1) is 9.21. The SMILES string of the molecule is O=C1C(=O)C2(CCCCC2)N=C1C=Cc1ccco1. The number of aliphatic imine (C=N–C) groups is 1. The average molecular weight is 257 g/mol. The first-order valence-electron chi connectivity index (χ1n) is 6.62. The fourth-order valence-corrected chi connectivity index (χ4v) is 2.80. The van der Waals surface area contributed by atoms with Crippen molar-refractivity contribution in [1.82, 2.24) is 0 Å². The van der Waals surface area contributed by atoms with Crippen molar-refractivity contribution in [3.8, 4) is 0 Å². The molecule has 3 rings (SSSR count). The van der Waals surface area contributed by atoms with Gasteiger partial charge in [-0.1, -0.05) is 19.3 Å². The number of allylic oxidation sites excluding steroid dienone is 1. The van der Waals surface area contributed by atoms with Crippen molar-refractivity contribution in [3.63, 3.8) is 0 Å². The smallest absolute Gasteiger partial charge is 0.249 e. The summed E-state index contributed by atoms with van der Waals surface area (Å²) in [4.78, 5) is 28.5. The Morgan fingerprint density at radius 1 is 1.16 bits per heavy atom. The molecule has 0 bridgehead atoms. The van der Waals surface area contributed by atoms with E-state index in [9.17, 15) is 9.59 Å². The van der Waals surface area contributed by atoms with Gasteiger partial charge in [-0.3, -0.25) is 14.6 Å². The van der Waals surface area contributed by atoms with E-state index >= 15 is 0 Å². The molecule has 2 heterocycles. The maximum absolute atomic E-state index is 12.1. The second-order valence-electron chi connectivity index (χ2n) is 5.10. The van der Waals surface area contributed by atoms with Gasteiger partial charge in [0.2, 0.25) is 11.6 Å². The standard InChI is InChI=1S/C15H15NO3/c17-13-12(7-6-11-5-4-10-19-11)16-15(14(13)18)8-2-1-3-9-15/h4-7,10H,1-3,8-9H2. The molecule has 0 N–H and O–H groups in total. The molecule has 1 spiro atoms. The van der Waals surface area contributed by atoms with Gasteiger partial charge >= 0.3 is 0 Å². The Morgan fingerprint density at radius 2 is 1.95 bits per heavy atom. The van der Waals surface area contributed by atoms with E-state index in [-0.39, 0.29) is 11.5 Å². The first kappa shape index (κ1) is 12.1. The maximum atomic E-state index is 12.1. The molecule has 0 radical (unpaired) electrons. The molecule has 19 heavy (non-hydrogen) atoms. The molecule has 4 heteroatoms. The minimum absolute atomic E-state index is 0.267. The van der Waals surface area contributed by atoms with Crippen molar-refractivity contribution in [2.24, 2.45) is 4.99 Å². The van der Waals surface area contributed by atoms with E-state index in [2.05, 4.69) is 4.99 Å². The molecule has 1 fully saturated rings. The quantitative estimate of drug-likeness (QED) is 0.765. The molecule has 0 saturated heterocycles. The van der Waals surface area contributed by atoms with Crippen molar-refractivity contribution in [2.75, 3.05) is 0 Å². The molecule has 0 atom stereocenters. The van der Waals surface area contributed by atoms with Crippen LogP contribution in [-0.2, 0) is 9.59 Å². The van der Waals surface area contributed by atoms with Gasteiger partial charge in [0, 0.05) is 0 Å². The lowest BCUT2D eigenvalue weighted by molar-refractivity contribution is -0.135. The molecule has 1 aliphatic heterocycles. The molecule has 1 aromatic rings. The summed E-state index contributed by atoms with van der Waals surface area (Å²) < 4.78 is 5.15. The Balaban J connectivity index is 1.87. The lowest BCUT2D eigenvalue weighted by Crippen LogP contribution is -2.38. The number of carbonyl (C=O) groups excluding carboxylic acids is 2. The van der Waals surface area contributed by atoms with E-state index in [0.717, 1.165) is 19.3 Å². The molecule has 1 saturated carbocycles. The van der Waals surface area contributed by atoms with E-state index in [4.69, 9.17) is 4.42 Å². The Kier molecular flexibility index (Phi) is 2.93. The summed E-state index contributed by atoms with van der Waals surface area (Å²) in [5.74, 6) is -0.136. The topological polar surface area (TPSA) is 59.6 Å². The van der Waals surface area contributed by atoms with Crippen molar-refractivity contribution in [1.29, 1.82) is 0 Å². The zero-order valence-electron chi connectivity index (χ0n) is 10.6. The Morgan fingerprint density at radius 3 is 2.63 bits per heavy atom. The number of nitrogens with zero attached hydrogens (tertiary/aromatic N) is 1. The van der Waals surface area contributed by atoms with Gasteiger partial charge in [0.05, 0.1) is 6.26 Å². The molecule has 0 aromatic carbocycles. The van der Waals surface area contributed by atoms with Crippen molar-refractivity contribution in [3.05, 3.63) is 30.2 Å². The largest absolute Gasteiger partial charge is 0.465 e. The van der Waals surface area contributed by atoms with Crippen LogP contribution in [0.3, 0.4) is 0 Å². The zero-order chi connectivity index (χ0) is 13.3. The van der Waals surface area contributed by atoms with Gasteiger partial charge in [-0.2, -0.15) is 0 Å². The van der Waals surface area contributed by atoms with Gasteiger partial charge in [-0.15, -0.1) is 0 Å². The van der Waals surface area contributed by atoms with Gasteiger partial charge < -0.3 is 4.42 Å². The number of carbonyl (C=O) groups is 2. The fourth-order valence-electron chi connectivity index (χ4n) is 2.80. The molecule has 98 valence electrons. The second kappa shape index (κ2) is 4.61. The normalized spacial score (nSPS) is 22.4. The summed E-state index contributed by atoms with van der Waals surface area (Å²) in [5, 5.41) is 0. The predicted molar refractivity (Wildman–Crippen MR) is 71.0 cm³/mol. The number of ketones is 2.